The van der Waals surface area contributed by atoms with E-state index in [0.29, 0.717) is 6.10 Å². The van der Waals surface area contributed by atoms with Crippen molar-refractivity contribution < 1.29 is 52.4 Å². The zero-order chi connectivity index (χ0) is 7.86. The van der Waals surface area contributed by atoms with E-state index < -0.39 is 0 Å². The summed E-state index contributed by atoms with van der Waals surface area (Å²) in [6.45, 7) is 7.43. The standard InChI is InChI=1S/C3H8OXe.C3H8O/c1-3(2)4-5;1-3(2)4/h3,5H,1-2H3;3-4H,1-2H3. The average Bonchev–Trinajstić information content (AvgIpc) is 1.65. The predicted octanol–water partition coefficient (Wildman–Crippen LogP) is 0.995. The van der Waals surface area contributed by atoms with Gasteiger partial charge in [0, 0.05) is 6.10 Å². The summed E-state index contributed by atoms with van der Waals surface area (Å²) < 4.78 is 4.72. The molecular weight excluding hydrogens is 235 g/mol. The van der Waals surface area contributed by atoms with Crippen LogP contribution in [-0.4, -0.2) is 17.3 Å². The zero-order valence-corrected chi connectivity index (χ0v) is 8.55. The van der Waals surface area contributed by atoms with Crippen molar-refractivity contribution in [2.75, 3.05) is 0 Å². The first-order valence-corrected chi connectivity index (χ1v) is 3.84. The Labute approximate surface area is 91.0 Å². The molecule has 0 radical (unpaired) electrons. The van der Waals surface area contributed by atoms with Crippen molar-refractivity contribution in [3.05, 3.63) is 0 Å². The van der Waals surface area contributed by atoms with Crippen LogP contribution in [-0.2, 0) is 0.0568 Å². The minimum atomic E-state index is -0.167. The van der Waals surface area contributed by atoms with Crippen molar-refractivity contribution >= 4 is 0 Å². The van der Waals surface area contributed by atoms with Gasteiger partial charge in [-0.25, -0.2) is 0 Å². The molecule has 0 heterocycles. The van der Waals surface area contributed by atoms with Crippen LogP contribution in [0.5, 0.6) is 0 Å². The molecule has 0 fully saturated rings. The summed E-state index contributed by atoms with van der Waals surface area (Å²) in [7, 11) is 0. The Bertz CT molecular complexity index is 43.6. The van der Waals surface area contributed by atoms with Gasteiger partial charge >= 0.3 is 67.2 Å². The third-order valence-electron chi connectivity index (χ3n) is 0.178. The van der Waals surface area contributed by atoms with Gasteiger partial charge < -0.3 is 5.11 Å². The first-order valence-electron chi connectivity index (χ1n) is 2.96. The van der Waals surface area contributed by atoms with Crippen molar-refractivity contribution in [1.82, 2.24) is 0 Å². The van der Waals surface area contributed by atoms with Gasteiger partial charge in [0.25, 0.3) is 0 Å². The normalized spacial score (nSPS) is 9.44. The summed E-state index contributed by atoms with van der Waals surface area (Å²) in [5, 5.41) is 8.06. The van der Waals surface area contributed by atoms with Crippen molar-refractivity contribution in [1.29, 1.82) is 0 Å². The van der Waals surface area contributed by atoms with E-state index in [1.807, 2.05) is 61.0 Å². The summed E-state index contributed by atoms with van der Waals surface area (Å²) in [5.74, 6) is 0. The molecule has 0 atom stereocenters. The number of aliphatic hydroxyl groups excluding tert-OH is 1. The number of rotatable bonds is 1. The molecular formula is C6H16O2Xe. The summed E-state index contributed by atoms with van der Waals surface area (Å²) in [6, 6.07) is 0. The molecule has 0 aliphatic rings. The summed E-state index contributed by atoms with van der Waals surface area (Å²) in [4.78, 5) is 0. The van der Waals surface area contributed by atoms with Gasteiger partial charge in [0.1, 0.15) is 0 Å². The molecule has 0 amide bonds. The fraction of sp³-hybridized carbons (Fsp3) is 1.00. The molecule has 0 aromatic carbocycles. The molecule has 60 valence electrons. The van der Waals surface area contributed by atoms with Crippen LogP contribution in [0.1, 0.15) is 27.7 Å². The van der Waals surface area contributed by atoms with Gasteiger partial charge in [0.15, 0.2) is 0 Å². The summed E-state index contributed by atoms with van der Waals surface area (Å²) >= 11 is 1.88. The van der Waals surface area contributed by atoms with Gasteiger partial charge in [-0.05, 0) is 13.8 Å². The van der Waals surface area contributed by atoms with Crippen LogP contribution in [0, 0.1) is 47.2 Å². The van der Waals surface area contributed by atoms with Crippen LogP contribution in [0.4, 0.5) is 0 Å². The van der Waals surface area contributed by atoms with Crippen molar-refractivity contribution in [2.24, 2.45) is 0 Å². The molecule has 0 aromatic rings. The van der Waals surface area contributed by atoms with Crippen LogP contribution >= 0.6 is 0 Å². The fourth-order valence-corrected chi connectivity index (χ4v) is 0. The van der Waals surface area contributed by atoms with Gasteiger partial charge in [-0.1, -0.05) is 0 Å². The van der Waals surface area contributed by atoms with E-state index >= 15 is 0 Å². The maximum absolute atomic E-state index is 8.06. The van der Waals surface area contributed by atoms with E-state index in [9.17, 15) is 0 Å². The Morgan fingerprint density at radius 1 is 1.22 bits per heavy atom. The molecule has 9 heavy (non-hydrogen) atoms. The third-order valence-corrected chi connectivity index (χ3v) is 1.20. The number of aliphatic hydroxyl groups is 1. The predicted molar refractivity (Wildman–Crippen MR) is 35.0 cm³/mol. The molecule has 3 heteroatoms. The van der Waals surface area contributed by atoms with Gasteiger partial charge in [-0.15, -0.1) is 0 Å². The molecule has 1 N–H and O–H groups in total. The second-order valence-corrected chi connectivity index (χ2v) is 2.74. The first-order chi connectivity index (χ1) is 4.00. The van der Waals surface area contributed by atoms with Crippen molar-refractivity contribution in [3.8, 4) is 0 Å². The number of hydrogen-bond donors (Lipinski definition) is 1. The van der Waals surface area contributed by atoms with Crippen LogP contribution in [0.15, 0.2) is 0 Å². The van der Waals surface area contributed by atoms with E-state index in [1.54, 1.807) is 13.8 Å². The molecule has 0 spiro atoms. The Morgan fingerprint density at radius 2 is 1.33 bits per heavy atom. The monoisotopic (exact) mass is 252 g/mol. The van der Waals surface area contributed by atoms with Crippen LogP contribution in [0.25, 0.3) is 0 Å². The van der Waals surface area contributed by atoms with E-state index in [-0.39, 0.29) is 6.10 Å². The first kappa shape index (κ1) is 13.1. The molecule has 0 aliphatic carbocycles. The van der Waals surface area contributed by atoms with E-state index in [4.69, 9.17) is 5.16 Å². The minimum absolute atomic E-state index is 0.167. The van der Waals surface area contributed by atoms with E-state index in [0.717, 1.165) is 0 Å². The van der Waals surface area contributed by atoms with Crippen LogP contribution < -0.4 is 0 Å². The van der Waals surface area contributed by atoms with Gasteiger partial charge in [0.2, 0.25) is 0 Å². The maximum atomic E-state index is 8.06. The summed E-state index contributed by atoms with van der Waals surface area (Å²) in [5.41, 5.74) is 0. The molecule has 0 saturated carbocycles. The quantitative estimate of drug-likeness (QED) is 0.753. The SMILES string of the molecule is CC(C)O.CC(C)O[XeH]. The Hall–Kier alpha value is 1.49. The third kappa shape index (κ3) is 43.7. The Kier molecular flexibility index (Phi) is 13.8. The fourth-order valence-electron chi connectivity index (χ4n) is 0. The Morgan fingerprint density at radius 3 is 1.33 bits per heavy atom. The van der Waals surface area contributed by atoms with E-state index in [2.05, 4.69) is 0 Å². The van der Waals surface area contributed by atoms with Crippen LogP contribution in [0.2, 0.25) is 0 Å². The molecule has 0 aliphatic heterocycles. The van der Waals surface area contributed by atoms with Gasteiger partial charge in [-0.3, -0.25) is 0 Å². The molecule has 2 nitrogen and oxygen atoms in total. The molecule has 0 bridgehead atoms. The zero-order valence-electron chi connectivity index (χ0n) is 6.39. The molecule has 0 unspecified atom stereocenters. The topological polar surface area (TPSA) is 29.5 Å². The van der Waals surface area contributed by atoms with Crippen molar-refractivity contribution in [3.63, 3.8) is 0 Å². The summed E-state index contributed by atoms with van der Waals surface area (Å²) in [6.07, 6.45) is 0.204. The van der Waals surface area contributed by atoms with Gasteiger partial charge in [0.05, 0.1) is 0 Å². The van der Waals surface area contributed by atoms with Gasteiger partial charge in [-0.2, -0.15) is 0 Å². The second kappa shape index (κ2) is 9.49. The van der Waals surface area contributed by atoms with E-state index in [1.165, 1.54) is 0 Å². The molecule has 0 aromatic heterocycles. The number of hydrogen-bond acceptors (Lipinski definition) is 2. The van der Waals surface area contributed by atoms with Crippen molar-refractivity contribution in [2.45, 2.75) is 39.9 Å². The Balaban J connectivity index is 0. The van der Waals surface area contributed by atoms with Crippen LogP contribution in [0.3, 0.4) is 0 Å². The average molecular weight is 251 g/mol. The molecule has 0 saturated heterocycles. The second-order valence-electron chi connectivity index (χ2n) is 2.23. The molecule has 0 rings (SSSR count).